The van der Waals surface area contributed by atoms with Gasteiger partial charge in [-0.1, -0.05) is 280 Å². The molecule has 516 valence electrons. The van der Waals surface area contributed by atoms with Crippen LogP contribution in [0.4, 0.5) is 0 Å². The van der Waals surface area contributed by atoms with Crippen molar-refractivity contribution in [3.8, 4) is 0 Å². The average Bonchev–Trinajstić information content (AvgIpc) is 3.58. The summed E-state index contributed by atoms with van der Waals surface area (Å²) in [5.74, 6) is 0.895. The first-order chi connectivity index (χ1) is 41.7. The van der Waals surface area contributed by atoms with E-state index in [9.17, 15) is 43.2 Å². The van der Waals surface area contributed by atoms with Crippen molar-refractivity contribution in [2.75, 3.05) is 39.6 Å². The minimum absolute atomic E-state index is 0.103. The fourth-order valence-electron chi connectivity index (χ4n) is 10.0. The largest absolute Gasteiger partial charge is 0.472 e. The maximum absolute atomic E-state index is 13.0. The van der Waals surface area contributed by atoms with E-state index in [1.165, 1.54) is 128 Å². The van der Waals surface area contributed by atoms with Gasteiger partial charge < -0.3 is 33.8 Å². The normalized spacial score (nSPS) is 15.3. The molecule has 0 aromatic carbocycles. The van der Waals surface area contributed by atoms with E-state index in [2.05, 4.69) is 55.4 Å². The standard InChI is InChI=1S/C68H132O17P2/c1-9-59(6)45-37-29-21-14-12-13-15-24-34-42-50-67(72)84-63(54-78-65(70)48-40-32-23-18-16-20-28-36-44-58(4)5)56-82-86(74,75)80-52-62(69)53-81-87(76,77)83-57-64(55-79-66(71)49-41-33-27-26-31-39-47-61(8)11-3)85-68(73)51-43-35-25-19-17-22-30-38-46-60(7)10-2/h58-64,69H,9-57H2,1-8H3,(H,74,75)(H,76,77)/t59?,60?,61?,62-,63-,64-/m1/s1. The Labute approximate surface area is 530 Å². The van der Waals surface area contributed by atoms with Gasteiger partial charge in [-0.2, -0.15) is 0 Å². The van der Waals surface area contributed by atoms with Crippen LogP contribution < -0.4 is 0 Å². The van der Waals surface area contributed by atoms with Crippen molar-refractivity contribution >= 4 is 39.5 Å². The lowest BCUT2D eigenvalue weighted by molar-refractivity contribution is -0.161. The van der Waals surface area contributed by atoms with E-state index in [0.29, 0.717) is 25.7 Å². The molecule has 0 radical (unpaired) electrons. The van der Waals surface area contributed by atoms with Gasteiger partial charge in [-0.25, -0.2) is 9.13 Å². The van der Waals surface area contributed by atoms with Crippen molar-refractivity contribution in [2.45, 2.75) is 350 Å². The first-order valence-corrected chi connectivity index (χ1v) is 38.3. The van der Waals surface area contributed by atoms with Crippen LogP contribution in [0.2, 0.25) is 0 Å². The molecule has 0 bridgehead atoms. The molecule has 0 spiro atoms. The van der Waals surface area contributed by atoms with E-state index in [1.54, 1.807) is 0 Å². The molecule has 0 aliphatic heterocycles. The second kappa shape index (κ2) is 57.9. The van der Waals surface area contributed by atoms with Gasteiger partial charge in [0.2, 0.25) is 0 Å². The Morgan fingerprint density at radius 2 is 0.552 bits per heavy atom. The third kappa shape index (κ3) is 58.9. The second-order valence-corrected chi connectivity index (χ2v) is 28.7. The molecule has 0 aromatic heterocycles. The van der Waals surface area contributed by atoms with Crippen molar-refractivity contribution in [3.05, 3.63) is 0 Å². The summed E-state index contributed by atoms with van der Waals surface area (Å²) in [6.07, 6.45) is 38.8. The van der Waals surface area contributed by atoms with Crippen LogP contribution in [0, 0.1) is 23.7 Å². The molecule has 8 atom stereocenters. The third-order valence-electron chi connectivity index (χ3n) is 16.7. The maximum Gasteiger partial charge on any atom is 0.472 e. The van der Waals surface area contributed by atoms with Gasteiger partial charge in [-0.3, -0.25) is 37.3 Å². The summed E-state index contributed by atoms with van der Waals surface area (Å²) in [7, 11) is -9.90. The van der Waals surface area contributed by atoms with E-state index < -0.39 is 97.5 Å². The van der Waals surface area contributed by atoms with Crippen LogP contribution in [0.5, 0.6) is 0 Å². The van der Waals surface area contributed by atoms with E-state index in [0.717, 1.165) is 120 Å². The van der Waals surface area contributed by atoms with Crippen LogP contribution in [0.1, 0.15) is 331 Å². The molecule has 17 nitrogen and oxygen atoms in total. The van der Waals surface area contributed by atoms with Crippen molar-refractivity contribution in [2.24, 2.45) is 23.7 Å². The van der Waals surface area contributed by atoms with Crippen LogP contribution >= 0.6 is 15.6 Å². The Kier molecular flexibility index (Phi) is 56.6. The lowest BCUT2D eigenvalue weighted by Gasteiger charge is -2.21. The second-order valence-electron chi connectivity index (χ2n) is 25.8. The molecule has 0 aliphatic rings. The van der Waals surface area contributed by atoms with Crippen LogP contribution in [-0.2, 0) is 65.4 Å². The van der Waals surface area contributed by atoms with Gasteiger partial charge in [-0.15, -0.1) is 0 Å². The predicted octanol–water partition coefficient (Wildman–Crippen LogP) is 18.9. The molecule has 0 rings (SSSR count). The van der Waals surface area contributed by atoms with Crippen molar-refractivity contribution in [1.82, 2.24) is 0 Å². The zero-order valence-corrected chi connectivity index (χ0v) is 58.4. The van der Waals surface area contributed by atoms with Gasteiger partial charge in [0.05, 0.1) is 26.4 Å². The summed E-state index contributed by atoms with van der Waals surface area (Å²) in [5, 5.41) is 10.6. The van der Waals surface area contributed by atoms with E-state index in [-0.39, 0.29) is 25.7 Å². The lowest BCUT2D eigenvalue weighted by atomic mass is 9.99. The highest BCUT2D eigenvalue weighted by atomic mass is 31.2. The summed E-state index contributed by atoms with van der Waals surface area (Å²) in [6, 6.07) is 0. The number of aliphatic hydroxyl groups is 1. The summed E-state index contributed by atoms with van der Waals surface area (Å²) in [6.45, 7) is 14.1. The van der Waals surface area contributed by atoms with Gasteiger partial charge in [0, 0.05) is 25.7 Å². The number of esters is 4. The fraction of sp³-hybridized carbons (Fsp3) is 0.941. The Balaban J connectivity index is 5.28. The molecular formula is C68H132O17P2. The Bertz CT molecular complexity index is 1740. The van der Waals surface area contributed by atoms with Crippen LogP contribution in [0.25, 0.3) is 0 Å². The van der Waals surface area contributed by atoms with Crippen LogP contribution in [0.3, 0.4) is 0 Å². The predicted molar refractivity (Wildman–Crippen MR) is 349 cm³/mol. The molecular weight excluding hydrogens is 1150 g/mol. The molecule has 0 saturated carbocycles. The Hall–Kier alpha value is -1.94. The smallest absolute Gasteiger partial charge is 0.462 e. The number of hydrogen-bond acceptors (Lipinski definition) is 15. The number of hydrogen-bond donors (Lipinski definition) is 3. The molecule has 0 aromatic rings. The molecule has 5 unspecified atom stereocenters. The van der Waals surface area contributed by atoms with E-state index in [4.69, 9.17) is 37.0 Å². The highest BCUT2D eigenvalue weighted by Gasteiger charge is 2.30. The topological polar surface area (TPSA) is 237 Å². The van der Waals surface area contributed by atoms with Crippen molar-refractivity contribution < 1.29 is 80.2 Å². The number of phosphoric acid groups is 2. The summed E-state index contributed by atoms with van der Waals surface area (Å²) < 4.78 is 68.2. The molecule has 0 fully saturated rings. The number of phosphoric ester groups is 2. The number of ether oxygens (including phenoxy) is 4. The van der Waals surface area contributed by atoms with E-state index >= 15 is 0 Å². The first kappa shape index (κ1) is 85.1. The van der Waals surface area contributed by atoms with Crippen molar-refractivity contribution in [1.29, 1.82) is 0 Å². The minimum atomic E-state index is -4.95. The average molecular weight is 1280 g/mol. The quantitative estimate of drug-likeness (QED) is 0.0222. The van der Waals surface area contributed by atoms with Gasteiger partial charge in [0.1, 0.15) is 19.3 Å². The zero-order valence-electron chi connectivity index (χ0n) is 56.6. The number of carbonyl (C=O) groups excluding carboxylic acids is 4. The Morgan fingerprint density at radius 3 is 0.816 bits per heavy atom. The third-order valence-corrected chi connectivity index (χ3v) is 18.6. The van der Waals surface area contributed by atoms with E-state index in [1.807, 2.05) is 0 Å². The summed E-state index contributed by atoms with van der Waals surface area (Å²) >= 11 is 0. The van der Waals surface area contributed by atoms with Gasteiger partial charge >= 0.3 is 39.5 Å². The monoisotopic (exact) mass is 1280 g/mol. The van der Waals surface area contributed by atoms with Gasteiger partial charge in [0.15, 0.2) is 12.2 Å². The fourth-order valence-corrected chi connectivity index (χ4v) is 11.6. The lowest BCUT2D eigenvalue weighted by Crippen LogP contribution is -2.30. The van der Waals surface area contributed by atoms with Gasteiger partial charge in [0.25, 0.3) is 0 Å². The molecule has 0 aliphatic carbocycles. The zero-order chi connectivity index (χ0) is 64.7. The SMILES string of the molecule is CCC(C)CCCCCCCCCCCCC(=O)O[C@H](COC(=O)CCCCCCCCCCC(C)C)COP(=O)(O)OC[C@@H](O)COP(=O)(O)OC[C@@H](COC(=O)CCCCCCCCC(C)CC)OC(=O)CCCCCCCCCCC(C)CC. The minimum Gasteiger partial charge on any atom is -0.462 e. The maximum atomic E-state index is 13.0. The van der Waals surface area contributed by atoms with Crippen molar-refractivity contribution in [3.63, 3.8) is 0 Å². The van der Waals surface area contributed by atoms with Crippen LogP contribution in [0.15, 0.2) is 0 Å². The molecule has 3 N–H and O–H groups in total. The van der Waals surface area contributed by atoms with Crippen LogP contribution in [-0.4, -0.2) is 96.7 Å². The Morgan fingerprint density at radius 1 is 0.322 bits per heavy atom. The molecule has 0 heterocycles. The molecule has 87 heavy (non-hydrogen) atoms. The van der Waals surface area contributed by atoms with Gasteiger partial charge in [-0.05, 0) is 49.4 Å². The first-order valence-electron chi connectivity index (χ1n) is 35.3. The number of unbranched alkanes of at least 4 members (excludes halogenated alkanes) is 28. The summed E-state index contributed by atoms with van der Waals surface area (Å²) in [4.78, 5) is 72.4. The highest BCUT2D eigenvalue weighted by molar-refractivity contribution is 7.47. The molecule has 19 heteroatoms. The molecule has 0 amide bonds. The number of rotatable bonds is 65. The highest BCUT2D eigenvalue weighted by Crippen LogP contribution is 2.45. The number of carbonyl (C=O) groups is 4. The molecule has 0 saturated heterocycles. The summed E-state index contributed by atoms with van der Waals surface area (Å²) in [5.41, 5.74) is 0. The number of aliphatic hydroxyl groups excluding tert-OH is 1.